The molecule has 72 valence electrons. The van der Waals surface area contributed by atoms with Crippen LogP contribution in [-0.2, 0) is 14.3 Å². The van der Waals surface area contributed by atoms with Crippen LogP contribution in [0, 0.1) is 0 Å². The van der Waals surface area contributed by atoms with Gasteiger partial charge in [-0.25, -0.2) is 4.79 Å². The Morgan fingerprint density at radius 1 is 1.21 bits per heavy atom. The lowest BCUT2D eigenvalue weighted by atomic mass is 10.2. The molecule has 0 unspecified atom stereocenters. The van der Waals surface area contributed by atoms with Gasteiger partial charge in [0.15, 0.2) is 5.76 Å². The second-order valence-corrected chi connectivity index (χ2v) is 2.74. The number of rotatable bonds is 2. The molecule has 4 nitrogen and oxygen atoms in total. The first-order valence-corrected chi connectivity index (χ1v) is 4.07. The number of carboxylic acid groups (broad SMARTS) is 1. The molecule has 0 aliphatic carbocycles. The highest BCUT2D eigenvalue weighted by Crippen LogP contribution is 2.26. The van der Waals surface area contributed by atoms with E-state index < -0.39 is 5.97 Å². The minimum absolute atomic E-state index is 0.0359. The molecule has 0 spiro atoms. The van der Waals surface area contributed by atoms with Gasteiger partial charge in [-0.1, -0.05) is 30.3 Å². The molecular formula is C10H8O4. The lowest BCUT2D eigenvalue weighted by Gasteiger charge is -2.00. The maximum atomic E-state index is 10.7. The van der Waals surface area contributed by atoms with Gasteiger partial charge in [0.25, 0.3) is 5.76 Å². The molecule has 1 aromatic rings. The Morgan fingerprint density at radius 3 is 2.57 bits per heavy atom. The molecule has 1 aliphatic rings. The minimum atomic E-state index is -1.11. The van der Waals surface area contributed by atoms with Gasteiger partial charge in [0.05, 0.1) is 0 Å². The summed E-state index contributed by atoms with van der Waals surface area (Å²) in [4.78, 5) is 10.7. The molecule has 0 saturated carbocycles. The van der Waals surface area contributed by atoms with Crippen LogP contribution in [0.4, 0.5) is 0 Å². The molecule has 2 rings (SSSR count). The van der Waals surface area contributed by atoms with Gasteiger partial charge in [-0.2, -0.15) is 0 Å². The van der Waals surface area contributed by atoms with Crippen LogP contribution < -0.4 is 0 Å². The lowest BCUT2D eigenvalue weighted by molar-refractivity contribution is -0.136. The van der Waals surface area contributed by atoms with Gasteiger partial charge in [0, 0.05) is 5.56 Å². The average molecular weight is 192 g/mol. The van der Waals surface area contributed by atoms with E-state index in [2.05, 4.69) is 0 Å². The van der Waals surface area contributed by atoms with E-state index in [0.29, 0.717) is 5.56 Å². The van der Waals surface area contributed by atoms with Crippen molar-refractivity contribution in [1.29, 1.82) is 0 Å². The maximum absolute atomic E-state index is 10.7. The topological polar surface area (TPSA) is 55.8 Å². The molecule has 1 aromatic carbocycles. The van der Waals surface area contributed by atoms with Crippen LogP contribution in [-0.4, -0.2) is 17.9 Å². The molecule has 1 aliphatic heterocycles. The van der Waals surface area contributed by atoms with Gasteiger partial charge < -0.3 is 14.6 Å². The zero-order chi connectivity index (χ0) is 9.97. The van der Waals surface area contributed by atoms with Crippen molar-refractivity contribution in [1.82, 2.24) is 0 Å². The Bertz CT molecular complexity index is 380. The van der Waals surface area contributed by atoms with Crippen molar-refractivity contribution in [3.63, 3.8) is 0 Å². The van der Waals surface area contributed by atoms with E-state index in [4.69, 9.17) is 14.6 Å². The third kappa shape index (κ3) is 1.42. The maximum Gasteiger partial charge on any atom is 0.375 e. The van der Waals surface area contributed by atoms with E-state index in [-0.39, 0.29) is 18.3 Å². The molecule has 0 radical (unpaired) electrons. The average Bonchev–Trinajstić information content (AvgIpc) is 2.67. The number of benzene rings is 1. The number of aliphatic carboxylic acids is 1. The monoisotopic (exact) mass is 192 g/mol. The van der Waals surface area contributed by atoms with Crippen molar-refractivity contribution in [2.24, 2.45) is 0 Å². The molecule has 4 heteroatoms. The summed E-state index contributed by atoms with van der Waals surface area (Å²) in [6.07, 6.45) is 0. The van der Waals surface area contributed by atoms with Crippen LogP contribution in [0.15, 0.2) is 36.1 Å². The van der Waals surface area contributed by atoms with Crippen molar-refractivity contribution in [2.75, 3.05) is 6.79 Å². The molecule has 1 N–H and O–H groups in total. The van der Waals surface area contributed by atoms with Gasteiger partial charge >= 0.3 is 5.97 Å². The van der Waals surface area contributed by atoms with Crippen LogP contribution in [0.1, 0.15) is 5.56 Å². The molecule has 0 aromatic heterocycles. The third-order valence-electron chi connectivity index (χ3n) is 1.84. The number of carbonyl (C=O) groups is 1. The Labute approximate surface area is 80.4 Å². The fourth-order valence-corrected chi connectivity index (χ4v) is 1.24. The third-order valence-corrected chi connectivity index (χ3v) is 1.84. The van der Waals surface area contributed by atoms with Crippen molar-refractivity contribution < 1.29 is 19.4 Å². The Kier molecular flexibility index (Phi) is 2.10. The van der Waals surface area contributed by atoms with E-state index in [1.165, 1.54) is 0 Å². The largest absolute Gasteiger partial charge is 0.475 e. The van der Waals surface area contributed by atoms with Crippen molar-refractivity contribution in [2.45, 2.75) is 0 Å². The van der Waals surface area contributed by atoms with Gasteiger partial charge in [0.2, 0.25) is 6.79 Å². The summed E-state index contributed by atoms with van der Waals surface area (Å²) in [5.74, 6) is -0.948. The lowest BCUT2D eigenvalue weighted by Crippen LogP contribution is -2.01. The second-order valence-electron chi connectivity index (χ2n) is 2.74. The van der Waals surface area contributed by atoms with Crippen LogP contribution in [0.3, 0.4) is 0 Å². The standard InChI is InChI=1S/C10H8O4/c11-10(12)9-8(13-6-14-9)7-4-2-1-3-5-7/h1-5H,6H2,(H,11,12). The van der Waals surface area contributed by atoms with Crippen molar-refractivity contribution in [3.8, 4) is 0 Å². The summed E-state index contributed by atoms with van der Waals surface area (Å²) < 4.78 is 9.93. The van der Waals surface area contributed by atoms with Gasteiger partial charge in [-0.05, 0) is 0 Å². The molecule has 0 fully saturated rings. The highest BCUT2D eigenvalue weighted by Gasteiger charge is 2.24. The molecule has 1 heterocycles. The summed E-state index contributed by atoms with van der Waals surface area (Å²) in [5.41, 5.74) is 0.711. The van der Waals surface area contributed by atoms with E-state index in [9.17, 15) is 4.79 Å². The smallest absolute Gasteiger partial charge is 0.375 e. The van der Waals surface area contributed by atoms with Gasteiger partial charge in [-0.15, -0.1) is 0 Å². The molecule has 14 heavy (non-hydrogen) atoms. The van der Waals surface area contributed by atoms with Crippen LogP contribution in [0.2, 0.25) is 0 Å². The normalized spacial score (nSPS) is 14.9. The summed E-state index contributed by atoms with van der Waals surface area (Å²) in [6, 6.07) is 9.01. The van der Waals surface area contributed by atoms with Gasteiger partial charge in [-0.3, -0.25) is 0 Å². The molecule has 0 amide bonds. The van der Waals surface area contributed by atoms with Crippen LogP contribution in [0.5, 0.6) is 0 Å². The number of hydrogen-bond donors (Lipinski definition) is 1. The summed E-state index contributed by atoms with van der Waals surface area (Å²) in [5, 5.41) is 8.78. The summed E-state index contributed by atoms with van der Waals surface area (Å²) >= 11 is 0. The highest BCUT2D eigenvalue weighted by molar-refractivity contribution is 5.93. The fraction of sp³-hybridized carbons (Fsp3) is 0.100. The van der Waals surface area contributed by atoms with Crippen LogP contribution in [0.25, 0.3) is 5.76 Å². The molecule has 0 bridgehead atoms. The number of hydrogen-bond acceptors (Lipinski definition) is 3. The number of ether oxygens (including phenoxy) is 2. The summed E-state index contributed by atoms with van der Waals surface area (Å²) in [6.45, 7) is -0.0359. The Hall–Kier alpha value is -1.97. The predicted molar refractivity (Wildman–Crippen MR) is 48.0 cm³/mol. The Balaban J connectivity index is 2.43. The highest BCUT2D eigenvalue weighted by atomic mass is 16.7. The van der Waals surface area contributed by atoms with E-state index in [0.717, 1.165) is 0 Å². The van der Waals surface area contributed by atoms with Crippen LogP contribution >= 0.6 is 0 Å². The fourth-order valence-electron chi connectivity index (χ4n) is 1.24. The van der Waals surface area contributed by atoms with E-state index in [1.807, 2.05) is 18.2 Å². The Morgan fingerprint density at radius 2 is 1.93 bits per heavy atom. The van der Waals surface area contributed by atoms with E-state index in [1.54, 1.807) is 12.1 Å². The second kappa shape index (κ2) is 3.41. The van der Waals surface area contributed by atoms with Gasteiger partial charge in [0.1, 0.15) is 0 Å². The first-order valence-electron chi connectivity index (χ1n) is 4.07. The SMILES string of the molecule is O=C(O)C1=C(c2ccccc2)OCO1. The molecular weight excluding hydrogens is 184 g/mol. The zero-order valence-electron chi connectivity index (χ0n) is 7.27. The van der Waals surface area contributed by atoms with Crippen molar-refractivity contribution in [3.05, 3.63) is 41.7 Å². The number of carboxylic acids is 1. The first-order chi connectivity index (χ1) is 6.79. The summed E-state index contributed by atoms with van der Waals surface area (Å²) in [7, 11) is 0. The van der Waals surface area contributed by atoms with Crippen molar-refractivity contribution >= 4 is 11.7 Å². The predicted octanol–water partition coefficient (Wildman–Crippen LogP) is 1.44. The molecule has 0 atom stereocenters. The quantitative estimate of drug-likeness (QED) is 0.770. The first kappa shape index (κ1) is 8.62. The molecule has 0 saturated heterocycles. The van der Waals surface area contributed by atoms with E-state index >= 15 is 0 Å². The zero-order valence-corrected chi connectivity index (χ0v) is 7.27. The minimum Gasteiger partial charge on any atom is -0.475 e.